The second-order valence-corrected chi connectivity index (χ2v) is 4.77. The molecule has 0 aliphatic carbocycles. The predicted molar refractivity (Wildman–Crippen MR) is 73.3 cm³/mol. The van der Waals surface area contributed by atoms with E-state index in [9.17, 15) is 0 Å². The summed E-state index contributed by atoms with van der Waals surface area (Å²) in [6.07, 6.45) is 4.67. The monoisotopic (exact) mass is 230 g/mol. The summed E-state index contributed by atoms with van der Waals surface area (Å²) in [5, 5.41) is 0. The van der Waals surface area contributed by atoms with Crippen molar-refractivity contribution in [3.63, 3.8) is 0 Å². The van der Waals surface area contributed by atoms with Crippen molar-refractivity contribution in [3.05, 3.63) is 30.1 Å². The number of hydrogen-bond donors (Lipinski definition) is 0. The fourth-order valence-corrected chi connectivity index (χ4v) is 2.53. The number of para-hydroxylation sites is 2. The SMILES string of the molecule is CCCc1nc2ccccc2n1C(C)CCC. The maximum absolute atomic E-state index is 4.77. The van der Waals surface area contributed by atoms with Crippen LogP contribution in [0.2, 0.25) is 0 Å². The van der Waals surface area contributed by atoms with Crippen molar-refractivity contribution < 1.29 is 0 Å². The molecule has 1 atom stereocenters. The Morgan fingerprint density at radius 2 is 1.94 bits per heavy atom. The molecule has 1 heterocycles. The van der Waals surface area contributed by atoms with Gasteiger partial charge in [0.15, 0.2) is 0 Å². The van der Waals surface area contributed by atoms with Gasteiger partial charge in [-0.1, -0.05) is 32.4 Å². The molecule has 0 amide bonds. The number of fused-ring (bicyclic) bond motifs is 1. The molecule has 0 bridgehead atoms. The summed E-state index contributed by atoms with van der Waals surface area (Å²) in [5.74, 6) is 1.25. The first-order valence-electron chi connectivity index (χ1n) is 6.73. The van der Waals surface area contributed by atoms with Gasteiger partial charge in [0, 0.05) is 12.5 Å². The van der Waals surface area contributed by atoms with Crippen molar-refractivity contribution in [3.8, 4) is 0 Å². The average Bonchev–Trinajstić information content (AvgIpc) is 2.67. The van der Waals surface area contributed by atoms with Crippen molar-refractivity contribution in [1.82, 2.24) is 9.55 Å². The fraction of sp³-hybridized carbons (Fsp3) is 0.533. The minimum absolute atomic E-state index is 0.550. The number of hydrogen-bond acceptors (Lipinski definition) is 1. The molecule has 2 heteroatoms. The third-order valence-corrected chi connectivity index (χ3v) is 3.29. The van der Waals surface area contributed by atoms with Crippen molar-refractivity contribution in [1.29, 1.82) is 0 Å². The first-order valence-corrected chi connectivity index (χ1v) is 6.73. The van der Waals surface area contributed by atoms with E-state index in [1.54, 1.807) is 0 Å². The summed E-state index contributed by atoms with van der Waals surface area (Å²) in [7, 11) is 0. The van der Waals surface area contributed by atoms with Gasteiger partial charge in [0.2, 0.25) is 0 Å². The van der Waals surface area contributed by atoms with Gasteiger partial charge in [0.05, 0.1) is 11.0 Å². The Morgan fingerprint density at radius 1 is 1.18 bits per heavy atom. The molecule has 0 aliphatic rings. The van der Waals surface area contributed by atoms with Crippen LogP contribution in [0.1, 0.15) is 51.9 Å². The Balaban J connectivity index is 2.51. The van der Waals surface area contributed by atoms with E-state index in [-0.39, 0.29) is 0 Å². The number of imidazole rings is 1. The number of nitrogens with zero attached hydrogens (tertiary/aromatic N) is 2. The zero-order valence-corrected chi connectivity index (χ0v) is 11.1. The summed E-state index contributed by atoms with van der Waals surface area (Å²) in [6, 6.07) is 9.03. The number of rotatable bonds is 5. The Kier molecular flexibility index (Phi) is 3.82. The molecule has 0 saturated heterocycles. The van der Waals surface area contributed by atoms with E-state index in [1.165, 1.54) is 24.2 Å². The zero-order valence-electron chi connectivity index (χ0n) is 11.1. The first-order chi connectivity index (χ1) is 8.27. The molecule has 0 spiro atoms. The largest absolute Gasteiger partial charge is 0.325 e. The second kappa shape index (κ2) is 5.35. The summed E-state index contributed by atoms with van der Waals surface area (Å²) < 4.78 is 2.43. The van der Waals surface area contributed by atoms with Gasteiger partial charge < -0.3 is 4.57 Å². The summed E-state index contributed by atoms with van der Waals surface area (Å²) in [4.78, 5) is 4.77. The molecule has 1 unspecified atom stereocenters. The normalized spacial score (nSPS) is 13.1. The van der Waals surface area contributed by atoms with Crippen LogP contribution in [-0.2, 0) is 6.42 Å². The molecule has 1 aromatic carbocycles. The lowest BCUT2D eigenvalue weighted by Gasteiger charge is -2.16. The molecule has 2 rings (SSSR count). The minimum atomic E-state index is 0.550. The van der Waals surface area contributed by atoms with Crippen LogP contribution in [0.25, 0.3) is 11.0 Å². The van der Waals surface area contributed by atoms with Crippen LogP contribution in [0.3, 0.4) is 0 Å². The maximum atomic E-state index is 4.77. The van der Waals surface area contributed by atoms with E-state index in [4.69, 9.17) is 4.98 Å². The van der Waals surface area contributed by atoms with Gasteiger partial charge in [-0.05, 0) is 31.9 Å². The standard InChI is InChI=1S/C15H22N2/c1-4-8-12(3)17-14-11-7-6-10-13(14)16-15(17)9-5-2/h6-7,10-12H,4-5,8-9H2,1-3H3. The minimum Gasteiger partial charge on any atom is -0.325 e. The summed E-state index contributed by atoms with van der Waals surface area (Å²) in [5.41, 5.74) is 2.43. The molecule has 0 radical (unpaired) electrons. The van der Waals surface area contributed by atoms with E-state index in [0.29, 0.717) is 6.04 Å². The van der Waals surface area contributed by atoms with Crippen LogP contribution >= 0.6 is 0 Å². The smallest absolute Gasteiger partial charge is 0.110 e. The molecule has 2 nitrogen and oxygen atoms in total. The van der Waals surface area contributed by atoms with Gasteiger partial charge in [-0.25, -0.2) is 4.98 Å². The average molecular weight is 230 g/mol. The van der Waals surface area contributed by atoms with Crippen molar-refractivity contribution in [2.75, 3.05) is 0 Å². The topological polar surface area (TPSA) is 17.8 Å². The van der Waals surface area contributed by atoms with Gasteiger partial charge in [0.1, 0.15) is 5.82 Å². The molecule has 0 saturated carbocycles. The number of aryl methyl sites for hydroxylation is 1. The van der Waals surface area contributed by atoms with E-state index >= 15 is 0 Å². The predicted octanol–water partition coefficient (Wildman–Crippen LogP) is 4.35. The lowest BCUT2D eigenvalue weighted by molar-refractivity contribution is 0.492. The summed E-state index contributed by atoms with van der Waals surface area (Å²) >= 11 is 0. The molecular formula is C15H22N2. The third-order valence-electron chi connectivity index (χ3n) is 3.29. The number of benzene rings is 1. The molecule has 92 valence electrons. The lowest BCUT2D eigenvalue weighted by Crippen LogP contribution is -2.09. The van der Waals surface area contributed by atoms with Gasteiger partial charge >= 0.3 is 0 Å². The fourth-order valence-electron chi connectivity index (χ4n) is 2.53. The van der Waals surface area contributed by atoms with Crippen molar-refractivity contribution in [2.45, 2.75) is 52.5 Å². The molecule has 0 N–H and O–H groups in total. The Morgan fingerprint density at radius 3 is 2.65 bits per heavy atom. The van der Waals surface area contributed by atoms with E-state index < -0.39 is 0 Å². The van der Waals surface area contributed by atoms with Gasteiger partial charge in [-0.15, -0.1) is 0 Å². The van der Waals surface area contributed by atoms with Crippen LogP contribution in [0.4, 0.5) is 0 Å². The van der Waals surface area contributed by atoms with Crippen LogP contribution in [-0.4, -0.2) is 9.55 Å². The maximum Gasteiger partial charge on any atom is 0.110 e. The highest BCUT2D eigenvalue weighted by molar-refractivity contribution is 5.76. The lowest BCUT2D eigenvalue weighted by atomic mass is 10.1. The molecule has 2 aromatic rings. The van der Waals surface area contributed by atoms with Crippen molar-refractivity contribution in [2.24, 2.45) is 0 Å². The third kappa shape index (κ3) is 2.36. The quantitative estimate of drug-likeness (QED) is 0.746. The highest BCUT2D eigenvalue weighted by Crippen LogP contribution is 2.24. The van der Waals surface area contributed by atoms with Gasteiger partial charge in [0.25, 0.3) is 0 Å². The molecule has 17 heavy (non-hydrogen) atoms. The second-order valence-electron chi connectivity index (χ2n) is 4.77. The zero-order chi connectivity index (χ0) is 12.3. The number of aromatic nitrogens is 2. The molecule has 1 aromatic heterocycles. The van der Waals surface area contributed by atoms with Crippen LogP contribution in [0.5, 0.6) is 0 Å². The highest BCUT2D eigenvalue weighted by atomic mass is 15.1. The molecule has 0 aliphatic heterocycles. The molecular weight excluding hydrogens is 208 g/mol. The van der Waals surface area contributed by atoms with Gasteiger partial charge in [-0.3, -0.25) is 0 Å². The van der Waals surface area contributed by atoms with Crippen LogP contribution < -0.4 is 0 Å². The van der Waals surface area contributed by atoms with Crippen LogP contribution in [0.15, 0.2) is 24.3 Å². The van der Waals surface area contributed by atoms with E-state index in [0.717, 1.165) is 18.4 Å². The van der Waals surface area contributed by atoms with E-state index in [1.807, 2.05) is 0 Å². The summed E-state index contributed by atoms with van der Waals surface area (Å²) in [6.45, 7) is 6.76. The molecule has 0 fully saturated rings. The van der Waals surface area contributed by atoms with E-state index in [2.05, 4.69) is 49.6 Å². The Labute approximate surface area is 104 Å². The van der Waals surface area contributed by atoms with Gasteiger partial charge in [-0.2, -0.15) is 0 Å². The van der Waals surface area contributed by atoms with Crippen molar-refractivity contribution >= 4 is 11.0 Å². The first kappa shape index (κ1) is 12.2. The Bertz CT molecular complexity index is 485. The highest BCUT2D eigenvalue weighted by Gasteiger charge is 2.14. The Hall–Kier alpha value is -1.31. The van der Waals surface area contributed by atoms with Crippen LogP contribution in [0, 0.1) is 0 Å².